The maximum Gasteiger partial charge on any atom is 0.328 e. The van der Waals surface area contributed by atoms with Gasteiger partial charge in [0.15, 0.2) is 6.04 Å². The number of aliphatic carboxylic acids is 1. The van der Waals surface area contributed by atoms with E-state index in [0.717, 1.165) is 0 Å². The third-order valence-electron chi connectivity index (χ3n) is 5.43. The molecule has 0 bridgehead atoms. The molecule has 186 valence electrons. The number of nitrogens with one attached hydrogen (secondary N) is 3. The predicted octanol–water partition coefficient (Wildman–Crippen LogP) is -0.935. The molecular weight excluding hydrogens is 418 g/mol. The summed E-state index contributed by atoms with van der Waals surface area (Å²) in [5.74, 6) is -3.64. The SMILES string of the molecule is CCC(C)C(N)C(=O)NC(CCCCN)C(=O)NC(C(=O)NC(C(=O)O)C(C)O)C(C)C. The Balaban J connectivity index is 5.45. The molecule has 0 heterocycles. The van der Waals surface area contributed by atoms with Gasteiger partial charge in [0.25, 0.3) is 0 Å². The Labute approximate surface area is 190 Å². The standard InChI is InChI=1S/C21H41N5O6/c1-6-12(4)15(23)19(29)24-14(9-7-8-10-22)18(28)25-16(11(2)3)20(30)26-17(13(5)27)21(31)32/h11-17,27H,6-10,22-23H2,1-5H3,(H,24,29)(H,25,28)(H,26,30)(H,31,32). The van der Waals surface area contributed by atoms with E-state index in [1.165, 1.54) is 6.92 Å². The van der Waals surface area contributed by atoms with Crippen molar-refractivity contribution in [3.05, 3.63) is 0 Å². The van der Waals surface area contributed by atoms with E-state index in [-0.39, 0.29) is 11.8 Å². The first kappa shape index (κ1) is 29.8. The summed E-state index contributed by atoms with van der Waals surface area (Å²) in [6.07, 6.45) is 0.905. The van der Waals surface area contributed by atoms with Crippen molar-refractivity contribution in [1.29, 1.82) is 0 Å². The summed E-state index contributed by atoms with van der Waals surface area (Å²) in [6.45, 7) is 8.79. The van der Waals surface area contributed by atoms with Crippen LogP contribution in [0.25, 0.3) is 0 Å². The van der Waals surface area contributed by atoms with Crippen LogP contribution in [0, 0.1) is 11.8 Å². The molecule has 0 aromatic carbocycles. The molecule has 6 atom stereocenters. The van der Waals surface area contributed by atoms with Crippen molar-refractivity contribution in [3.63, 3.8) is 0 Å². The van der Waals surface area contributed by atoms with E-state index in [2.05, 4.69) is 16.0 Å². The van der Waals surface area contributed by atoms with Crippen LogP contribution in [0.2, 0.25) is 0 Å². The van der Waals surface area contributed by atoms with Crippen molar-refractivity contribution >= 4 is 23.7 Å². The fourth-order valence-electron chi connectivity index (χ4n) is 2.96. The second kappa shape index (κ2) is 14.8. The summed E-state index contributed by atoms with van der Waals surface area (Å²) in [5, 5.41) is 26.3. The van der Waals surface area contributed by atoms with Gasteiger partial charge in [-0.2, -0.15) is 0 Å². The number of carbonyl (C=O) groups is 4. The number of hydrogen-bond donors (Lipinski definition) is 7. The predicted molar refractivity (Wildman–Crippen MR) is 120 cm³/mol. The average Bonchev–Trinajstić information content (AvgIpc) is 2.72. The van der Waals surface area contributed by atoms with E-state index in [0.29, 0.717) is 32.2 Å². The zero-order valence-corrected chi connectivity index (χ0v) is 19.8. The Hall–Kier alpha value is -2.24. The van der Waals surface area contributed by atoms with Gasteiger partial charge in [-0.3, -0.25) is 14.4 Å². The minimum atomic E-state index is -1.52. The minimum Gasteiger partial charge on any atom is -0.480 e. The number of carboxylic acid groups (broad SMARTS) is 1. The molecule has 0 rings (SSSR count). The second-order valence-electron chi connectivity index (χ2n) is 8.55. The molecule has 11 nitrogen and oxygen atoms in total. The summed E-state index contributed by atoms with van der Waals surface area (Å²) < 4.78 is 0. The number of carboxylic acids is 1. The summed E-state index contributed by atoms with van der Waals surface area (Å²) in [7, 11) is 0. The molecule has 32 heavy (non-hydrogen) atoms. The number of aliphatic hydroxyl groups is 1. The maximum atomic E-state index is 13.0. The largest absolute Gasteiger partial charge is 0.480 e. The first-order valence-corrected chi connectivity index (χ1v) is 11.1. The van der Waals surface area contributed by atoms with Gasteiger partial charge in [-0.1, -0.05) is 34.1 Å². The van der Waals surface area contributed by atoms with Gasteiger partial charge in [-0.15, -0.1) is 0 Å². The van der Waals surface area contributed by atoms with Crippen molar-refractivity contribution in [2.24, 2.45) is 23.3 Å². The quantitative estimate of drug-likeness (QED) is 0.152. The lowest BCUT2D eigenvalue weighted by Crippen LogP contribution is -2.59. The maximum absolute atomic E-state index is 13.0. The molecule has 0 saturated heterocycles. The van der Waals surface area contributed by atoms with Gasteiger partial charge in [0.2, 0.25) is 17.7 Å². The van der Waals surface area contributed by atoms with Crippen LogP contribution in [-0.2, 0) is 19.2 Å². The van der Waals surface area contributed by atoms with Gasteiger partial charge in [-0.25, -0.2) is 4.79 Å². The van der Waals surface area contributed by atoms with Crippen molar-refractivity contribution in [2.45, 2.75) is 90.6 Å². The highest BCUT2D eigenvalue weighted by molar-refractivity contribution is 5.94. The molecule has 0 aliphatic carbocycles. The molecule has 11 heteroatoms. The number of nitrogens with two attached hydrogens (primary N) is 2. The second-order valence-corrected chi connectivity index (χ2v) is 8.55. The van der Waals surface area contributed by atoms with Gasteiger partial charge < -0.3 is 37.6 Å². The van der Waals surface area contributed by atoms with E-state index in [9.17, 15) is 29.4 Å². The van der Waals surface area contributed by atoms with Crippen molar-refractivity contribution in [1.82, 2.24) is 16.0 Å². The van der Waals surface area contributed by atoms with Crippen LogP contribution in [0.1, 0.15) is 60.3 Å². The number of aliphatic hydroxyl groups excluding tert-OH is 1. The molecule has 6 unspecified atom stereocenters. The molecule has 3 amide bonds. The van der Waals surface area contributed by atoms with E-state index in [1.54, 1.807) is 13.8 Å². The fraction of sp³-hybridized carbons (Fsp3) is 0.810. The molecule has 0 fully saturated rings. The molecular formula is C21H41N5O6. The Morgan fingerprint density at radius 2 is 1.44 bits per heavy atom. The average molecular weight is 460 g/mol. The topological polar surface area (TPSA) is 197 Å². The zero-order chi connectivity index (χ0) is 25.0. The Morgan fingerprint density at radius 3 is 1.88 bits per heavy atom. The van der Waals surface area contributed by atoms with Gasteiger partial charge in [-0.05, 0) is 44.6 Å². The Morgan fingerprint density at radius 1 is 0.875 bits per heavy atom. The Kier molecular flexibility index (Phi) is 13.7. The van der Waals surface area contributed by atoms with Gasteiger partial charge in [0, 0.05) is 0 Å². The van der Waals surface area contributed by atoms with Gasteiger partial charge >= 0.3 is 5.97 Å². The van der Waals surface area contributed by atoms with Gasteiger partial charge in [0.1, 0.15) is 12.1 Å². The lowest BCUT2D eigenvalue weighted by molar-refractivity contribution is -0.145. The number of carbonyl (C=O) groups excluding carboxylic acids is 3. The summed E-state index contributed by atoms with van der Waals surface area (Å²) in [4.78, 5) is 49.4. The molecule has 0 spiro atoms. The lowest BCUT2D eigenvalue weighted by atomic mass is 9.98. The van der Waals surface area contributed by atoms with E-state index < -0.39 is 54.0 Å². The molecule has 0 aliphatic heterocycles. The van der Waals surface area contributed by atoms with Crippen LogP contribution in [0.15, 0.2) is 0 Å². The fourth-order valence-corrected chi connectivity index (χ4v) is 2.96. The molecule has 0 saturated carbocycles. The molecule has 0 radical (unpaired) electrons. The number of unbranched alkanes of at least 4 members (excludes halogenated alkanes) is 1. The minimum absolute atomic E-state index is 0.0784. The first-order chi connectivity index (χ1) is 14.9. The third kappa shape index (κ3) is 9.92. The monoisotopic (exact) mass is 459 g/mol. The first-order valence-electron chi connectivity index (χ1n) is 11.1. The number of rotatable bonds is 15. The van der Waals surface area contributed by atoms with Crippen LogP contribution in [-0.4, -0.2) is 70.7 Å². The van der Waals surface area contributed by atoms with Crippen LogP contribution in [0.3, 0.4) is 0 Å². The summed E-state index contributed by atoms with van der Waals surface area (Å²) in [5.41, 5.74) is 11.5. The third-order valence-corrected chi connectivity index (χ3v) is 5.43. The molecule has 0 aromatic heterocycles. The van der Waals surface area contributed by atoms with Gasteiger partial charge in [0.05, 0.1) is 12.1 Å². The summed E-state index contributed by atoms with van der Waals surface area (Å²) in [6, 6.07) is -4.30. The smallest absolute Gasteiger partial charge is 0.328 e. The van der Waals surface area contributed by atoms with Crippen molar-refractivity contribution < 1.29 is 29.4 Å². The molecule has 0 aliphatic rings. The van der Waals surface area contributed by atoms with Crippen molar-refractivity contribution in [3.8, 4) is 0 Å². The van der Waals surface area contributed by atoms with Crippen LogP contribution >= 0.6 is 0 Å². The van der Waals surface area contributed by atoms with Crippen LogP contribution in [0.4, 0.5) is 0 Å². The highest BCUT2D eigenvalue weighted by Crippen LogP contribution is 2.09. The van der Waals surface area contributed by atoms with E-state index >= 15 is 0 Å². The summed E-state index contributed by atoms with van der Waals surface area (Å²) >= 11 is 0. The number of hydrogen-bond acceptors (Lipinski definition) is 7. The van der Waals surface area contributed by atoms with E-state index in [1.807, 2.05) is 13.8 Å². The highest BCUT2D eigenvalue weighted by Gasteiger charge is 2.33. The molecule has 9 N–H and O–H groups in total. The lowest BCUT2D eigenvalue weighted by Gasteiger charge is -2.28. The number of amides is 3. The highest BCUT2D eigenvalue weighted by atomic mass is 16.4. The zero-order valence-electron chi connectivity index (χ0n) is 19.8. The van der Waals surface area contributed by atoms with Crippen LogP contribution < -0.4 is 27.4 Å². The van der Waals surface area contributed by atoms with Crippen LogP contribution in [0.5, 0.6) is 0 Å². The molecule has 0 aromatic rings. The van der Waals surface area contributed by atoms with E-state index in [4.69, 9.17) is 11.5 Å². The normalized spacial score (nSPS) is 16.9. The van der Waals surface area contributed by atoms with Crippen molar-refractivity contribution in [2.75, 3.05) is 6.54 Å². The Bertz CT molecular complexity index is 628.